The second kappa shape index (κ2) is 33.1. The molecule has 9 aromatic heterocycles. The molecule has 1 saturated heterocycles. The zero-order valence-corrected chi connectivity index (χ0v) is 60.6. The minimum absolute atomic E-state index is 0.100. The van der Waals surface area contributed by atoms with Crippen LogP contribution in [-0.2, 0) is 19.0 Å². The number of anilines is 3. The Balaban J connectivity index is 0.000000146. The van der Waals surface area contributed by atoms with Crippen LogP contribution in [0.3, 0.4) is 0 Å². The molecule has 1 aliphatic heterocycles. The number of methoxy groups -OCH3 is 2. The lowest BCUT2D eigenvalue weighted by atomic mass is 9.81. The monoisotopic (exact) mass is 1420 g/mol. The van der Waals surface area contributed by atoms with Gasteiger partial charge >= 0.3 is 6.61 Å². The summed E-state index contributed by atoms with van der Waals surface area (Å²) in [5, 5.41) is 56.0. The van der Waals surface area contributed by atoms with Crippen LogP contribution in [0.25, 0.3) is 49.9 Å². The van der Waals surface area contributed by atoms with Crippen LogP contribution >= 0.6 is 0 Å². The maximum Gasteiger partial charge on any atom is 0.345 e. The zero-order valence-electron chi connectivity index (χ0n) is 60.6. The van der Waals surface area contributed by atoms with Crippen molar-refractivity contribution < 1.29 is 42.8 Å². The Hall–Kier alpha value is -9.09. The van der Waals surface area contributed by atoms with Crippen molar-refractivity contribution in [2.24, 2.45) is 5.92 Å². The van der Waals surface area contributed by atoms with Crippen LogP contribution in [0.5, 0.6) is 0 Å². The molecule has 3 saturated carbocycles. The number of allylic oxidation sites excluding steroid dienone is 3. The van der Waals surface area contributed by atoms with Gasteiger partial charge in [0.2, 0.25) is 23.8 Å². The Morgan fingerprint density at radius 1 is 0.621 bits per heavy atom. The molecule has 9 aromatic rings. The number of amides is 2. The number of aliphatic hydroxyl groups is 2. The van der Waals surface area contributed by atoms with Gasteiger partial charge in [-0.2, -0.15) is 19.0 Å². The van der Waals surface area contributed by atoms with Gasteiger partial charge in [-0.25, -0.2) is 28.5 Å². The van der Waals surface area contributed by atoms with Crippen molar-refractivity contribution in [2.45, 2.75) is 198 Å². The number of aliphatic hydroxyl groups excluding tert-OH is 2. The molecule has 0 radical (unpaired) electrons. The molecule has 0 unspecified atom stereocenters. The van der Waals surface area contributed by atoms with Crippen LogP contribution in [0.2, 0.25) is 0 Å². The van der Waals surface area contributed by atoms with E-state index in [1.807, 2.05) is 60.2 Å². The van der Waals surface area contributed by atoms with Crippen molar-refractivity contribution in [1.29, 1.82) is 0 Å². The number of nitrogens with zero attached hydrogens (tertiary/aromatic N) is 15. The van der Waals surface area contributed by atoms with Gasteiger partial charge in [0.15, 0.2) is 0 Å². The van der Waals surface area contributed by atoms with Gasteiger partial charge in [-0.3, -0.25) is 23.9 Å². The average Bonchev–Trinajstić information content (AvgIpc) is 1.63. The maximum absolute atomic E-state index is 12.5. The van der Waals surface area contributed by atoms with Gasteiger partial charge in [-0.15, -0.1) is 15.3 Å². The van der Waals surface area contributed by atoms with Gasteiger partial charge in [0.1, 0.15) is 6.04 Å². The van der Waals surface area contributed by atoms with E-state index in [4.69, 9.17) is 24.8 Å². The van der Waals surface area contributed by atoms with Crippen molar-refractivity contribution >= 4 is 46.2 Å². The number of hydrogen-bond donors (Lipinski definition) is 6. The molecule has 6 N–H and O–H groups in total. The second-order valence-corrected chi connectivity index (χ2v) is 28.8. The zero-order chi connectivity index (χ0) is 72.6. The maximum atomic E-state index is 12.5. The van der Waals surface area contributed by atoms with E-state index in [-0.39, 0.29) is 60.6 Å². The van der Waals surface area contributed by atoms with Crippen molar-refractivity contribution in [3.8, 4) is 33.4 Å². The SMILES string of the molecule is C=C(C)C1=CC[C@H](n2cc(-c3cc(C4CCC(O)CC4)n4nc(N[C@@H](C)COC)ncc34)cn2)C1.CNC(=O)c1cncc(-c2cc(C3CCC(O)CC3)n3nc(N[C@@H](C)COC(F)F)ncc23)c1.COC[C@H](C)Nc1ncc2c(-c3cnn([C@@H]4CCN(C)C4=O)c3)cc(C3CCC(C)CC3)n2n1. The summed E-state index contributed by atoms with van der Waals surface area (Å²) in [7, 11) is 6.80. The number of pyridine rings is 1. The third kappa shape index (κ3) is 17.3. The summed E-state index contributed by atoms with van der Waals surface area (Å²) in [6.07, 6.45) is 32.6. The number of carbonyl (C=O) groups excluding carboxylic acids is 2. The summed E-state index contributed by atoms with van der Waals surface area (Å²) < 4.78 is 49.4. The second-order valence-electron chi connectivity index (χ2n) is 28.8. The lowest BCUT2D eigenvalue weighted by Crippen LogP contribution is -2.25. The molecule has 26 nitrogen and oxygen atoms in total. The molecule has 4 aliphatic carbocycles. The number of halogens is 2. The third-order valence-electron chi connectivity index (χ3n) is 20.8. The molecule has 103 heavy (non-hydrogen) atoms. The first-order valence-corrected chi connectivity index (χ1v) is 36.3. The van der Waals surface area contributed by atoms with E-state index in [1.54, 1.807) is 56.1 Å². The number of fused-ring (bicyclic) bond motifs is 3. The summed E-state index contributed by atoms with van der Waals surface area (Å²) in [4.78, 5) is 44.2. The van der Waals surface area contributed by atoms with Crippen molar-refractivity contribution in [2.75, 3.05) is 70.6 Å². The molecule has 0 spiro atoms. The first-order chi connectivity index (χ1) is 49.7. The lowest BCUT2D eigenvalue weighted by molar-refractivity contribution is -0.130. The highest BCUT2D eigenvalue weighted by Gasteiger charge is 2.34. The molecule has 5 atom stereocenters. The van der Waals surface area contributed by atoms with E-state index in [0.717, 1.165) is 131 Å². The molecule has 5 aliphatic rings. The Labute approximate surface area is 599 Å². The minimum atomic E-state index is -2.84. The third-order valence-corrected chi connectivity index (χ3v) is 20.8. The normalized spacial score (nSPS) is 22.3. The molecule has 550 valence electrons. The Bertz CT molecular complexity index is 4420. The highest BCUT2D eigenvalue weighted by atomic mass is 19.3. The molecule has 4 fully saturated rings. The summed E-state index contributed by atoms with van der Waals surface area (Å²) in [6, 6.07) is 8.21. The van der Waals surface area contributed by atoms with Crippen molar-refractivity contribution in [3.63, 3.8) is 0 Å². The predicted molar refractivity (Wildman–Crippen MR) is 390 cm³/mol. The number of alkyl halides is 2. The van der Waals surface area contributed by atoms with Gasteiger partial charge in [-0.05, 0) is 147 Å². The number of likely N-dealkylation sites (tertiary alicyclic amines) is 1. The Morgan fingerprint density at radius 3 is 1.51 bits per heavy atom. The molecule has 28 heteroatoms. The van der Waals surface area contributed by atoms with E-state index < -0.39 is 12.7 Å². The summed E-state index contributed by atoms with van der Waals surface area (Å²) in [6.45, 7) is 13.2. The van der Waals surface area contributed by atoms with E-state index in [0.29, 0.717) is 61.4 Å². The Kier molecular flexibility index (Phi) is 23.7. The fourth-order valence-corrected chi connectivity index (χ4v) is 15.1. The standard InChI is InChI=1S/C27H36N6O2.C25H35N7O2.C23H28F2N6O3/c1-17(2)20-5-8-22(11-20)32-15-21(13-29-32)24-12-25(19-6-9-23(34)10-7-19)33-26(24)14-28-27(31-33)30-18(3)16-35-4;1-16-5-7-18(8-6-16)22-11-20(19-12-27-31(14-19)21-9-10-30(3)24(21)33)23-13-26-25(29-32(22)23)28-17(2)15-34-4;1-13(12-34-22(24)25)29-23-28-11-20-18(15-7-16(10-27-9-15)21(33)26-2)8-19(31(20)30-23)14-3-5-17(32)6-4-14/h5,12-15,18-19,22-23,34H,1,6-11,16H2,2-4H3,(H,30,31);11-14,16-18,21H,5-10,15H2,1-4H3,(H,28,29);7-11,13-14,17,22,32H,3-6,12H2,1-2H3,(H,26,33)(H,29,30)/t18-,19?,22-,23?;16?,17-,18?,21+;13-,14?,17?/m000/s1. The first kappa shape index (κ1) is 73.7. The predicted octanol–water partition coefficient (Wildman–Crippen LogP) is 11.8. The number of ether oxygens (including phenoxy) is 3. The topological polar surface area (TPSA) is 293 Å². The van der Waals surface area contributed by atoms with Crippen LogP contribution < -0.4 is 21.3 Å². The first-order valence-electron chi connectivity index (χ1n) is 36.3. The minimum Gasteiger partial charge on any atom is -0.393 e. The number of rotatable bonds is 23. The number of aromatic nitrogens is 14. The van der Waals surface area contributed by atoms with Crippen LogP contribution in [0.15, 0.2) is 104 Å². The summed E-state index contributed by atoms with van der Waals surface area (Å²) in [5.41, 5.74) is 14.8. The van der Waals surface area contributed by atoms with Gasteiger partial charge < -0.3 is 50.6 Å². The van der Waals surface area contributed by atoms with Crippen LogP contribution in [0.4, 0.5) is 26.6 Å². The van der Waals surface area contributed by atoms with Crippen LogP contribution in [0.1, 0.15) is 188 Å². The van der Waals surface area contributed by atoms with Crippen molar-refractivity contribution in [3.05, 3.63) is 126 Å². The Morgan fingerprint density at radius 2 is 1.08 bits per heavy atom. The number of nitrogens with one attached hydrogen (secondary N) is 4. The summed E-state index contributed by atoms with van der Waals surface area (Å²) >= 11 is 0. The van der Waals surface area contributed by atoms with Crippen LogP contribution in [0, 0.1) is 5.92 Å². The lowest BCUT2D eigenvalue weighted by Gasteiger charge is -2.25. The fraction of sp³-hybridized carbons (Fsp3) is 0.533. The highest BCUT2D eigenvalue weighted by molar-refractivity contribution is 5.95. The smallest absolute Gasteiger partial charge is 0.345 e. The number of carbonyl (C=O) groups is 2. The molecule has 2 amide bonds. The molecule has 0 bridgehead atoms. The molecule has 14 rings (SSSR count). The van der Waals surface area contributed by atoms with Gasteiger partial charge in [0.05, 0.1) is 91.2 Å². The average molecular weight is 1420 g/mol. The van der Waals surface area contributed by atoms with Gasteiger partial charge in [0, 0.05) is 146 Å². The summed E-state index contributed by atoms with van der Waals surface area (Å²) in [5.74, 6) is 3.14. The molecular formula is C75H99F2N19O7. The number of likely N-dealkylation sites (N-methyl/N-ethyl adjacent to an activating group) is 1. The molecular weight excluding hydrogens is 1320 g/mol. The van der Waals surface area contributed by atoms with Gasteiger partial charge in [-0.1, -0.05) is 38.0 Å². The quantitative estimate of drug-likeness (QED) is 0.0347. The molecule has 10 heterocycles. The van der Waals surface area contributed by atoms with Crippen LogP contribution in [-0.4, -0.2) is 187 Å². The van der Waals surface area contributed by atoms with Crippen molar-refractivity contribution in [1.82, 2.24) is 78.6 Å². The van der Waals surface area contributed by atoms with Gasteiger partial charge in [0.25, 0.3) is 5.91 Å². The van der Waals surface area contributed by atoms with E-state index in [1.165, 1.54) is 48.8 Å². The van der Waals surface area contributed by atoms with E-state index >= 15 is 0 Å². The van der Waals surface area contributed by atoms with E-state index in [9.17, 15) is 28.6 Å². The largest absolute Gasteiger partial charge is 0.393 e. The number of hydrogen-bond acceptors (Lipinski definition) is 19. The highest BCUT2D eigenvalue weighted by Crippen LogP contribution is 2.43. The van der Waals surface area contributed by atoms with E-state index in [2.05, 4.69) is 117 Å². The molecule has 0 aromatic carbocycles. The fourth-order valence-electron chi connectivity index (χ4n) is 15.1.